The molecule has 0 saturated carbocycles. The molecule has 1 saturated heterocycles. The summed E-state index contributed by atoms with van der Waals surface area (Å²) in [5.41, 5.74) is 7.84. The predicted molar refractivity (Wildman–Crippen MR) is 99.3 cm³/mol. The van der Waals surface area contributed by atoms with E-state index in [-0.39, 0.29) is 24.2 Å². The number of amides is 1. The van der Waals surface area contributed by atoms with E-state index >= 15 is 0 Å². The Labute approximate surface area is 155 Å². The van der Waals surface area contributed by atoms with Crippen LogP contribution in [-0.2, 0) is 27.7 Å². The topological polar surface area (TPSA) is 83.7 Å². The van der Waals surface area contributed by atoms with Gasteiger partial charge in [-0.05, 0) is 55.0 Å². The lowest BCUT2D eigenvalue weighted by molar-refractivity contribution is -0.128. The summed E-state index contributed by atoms with van der Waals surface area (Å²) >= 11 is 0. The molecule has 0 aliphatic carbocycles. The Morgan fingerprint density at radius 2 is 1.88 bits per heavy atom. The van der Waals surface area contributed by atoms with E-state index in [0.29, 0.717) is 44.0 Å². The zero-order chi connectivity index (χ0) is 17.3. The van der Waals surface area contributed by atoms with Gasteiger partial charge in [-0.25, -0.2) is 8.42 Å². The van der Waals surface area contributed by atoms with E-state index in [1.54, 1.807) is 23.4 Å². The van der Waals surface area contributed by atoms with E-state index in [1.165, 1.54) is 0 Å². The fraction of sp³-hybridized carbons (Fsp3) is 0.588. The van der Waals surface area contributed by atoms with Crippen molar-refractivity contribution in [3.63, 3.8) is 0 Å². The number of nitrogens with two attached hydrogens (primary N) is 1. The van der Waals surface area contributed by atoms with Gasteiger partial charge < -0.3 is 10.6 Å². The molecule has 0 spiro atoms. The molecule has 1 aromatic carbocycles. The SMILES string of the molecule is CC(=O)N1CCc2ccc(S(=O)(=O)N3CCC(CN)C3)cc2CC1.Cl. The van der Waals surface area contributed by atoms with E-state index in [0.717, 1.165) is 24.0 Å². The summed E-state index contributed by atoms with van der Waals surface area (Å²) in [7, 11) is -3.46. The van der Waals surface area contributed by atoms with Gasteiger partial charge in [0.2, 0.25) is 15.9 Å². The highest BCUT2D eigenvalue weighted by Crippen LogP contribution is 2.26. The smallest absolute Gasteiger partial charge is 0.243 e. The lowest BCUT2D eigenvalue weighted by atomic mass is 10.0. The molecule has 140 valence electrons. The second-order valence-electron chi connectivity index (χ2n) is 6.69. The van der Waals surface area contributed by atoms with E-state index in [2.05, 4.69) is 0 Å². The minimum absolute atomic E-state index is 0. The summed E-state index contributed by atoms with van der Waals surface area (Å²) in [5, 5.41) is 0. The fourth-order valence-electron chi connectivity index (χ4n) is 3.53. The monoisotopic (exact) mass is 387 g/mol. The van der Waals surface area contributed by atoms with Crippen LogP contribution in [0, 0.1) is 5.92 Å². The highest BCUT2D eigenvalue weighted by molar-refractivity contribution is 7.89. The molecule has 1 aromatic rings. The molecule has 2 aliphatic heterocycles. The molecule has 2 heterocycles. The summed E-state index contributed by atoms with van der Waals surface area (Å²) < 4.78 is 27.3. The third-order valence-electron chi connectivity index (χ3n) is 5.14. The van der Waals surface area contributed by atoms with Crippen LogP contribution in [0.3, 0.4) is 0 Å². The number of rotatable bonds is 3. The Kier molecular flexibility index (Phi) is 6.48. The Morgan fingerprint density at radius 3 is 2.48 bits per heavy atom. The maximum atomic E-state index is 12.9. The first-order valence-electron chi connectivity index (χ1n) is 8.49. The number of carbonyl (C=O) groups excluding carboxylic acids is 1. The van der Waals surface area contributed by atoms with Gasteiger partial charge >= 0.3 is 0 Å². The van der Waals surface area contributed by atoms with Gasteiger partial charge in [-0.15, -0.1) is 12.4 Å². The minimum atomic E-state index is -3.46. The average molecular weight is 388 g/mol. The lowest BCUT2D eigenvalue weighted by Gasteiger charge is -2.18. The van der Waals surface area contributed by atoms with Gasteiger partial charge in [-0.2, -0.15) is 4.31 Å². The lowest BCUT2D eigenvalue weighted by Crippen LogP contribution is -2.31. The van der Waals surface area contributed by atoms with Crippen LogP contribution >= 0.6 is 12.4 Å². The predicted octanol–water partition coefficient (Wildman–Crippen LogP) is 1.02. The number of benzene rings is 1. The number of hydrogen-bond acceptors (Lipinski definition) is 4. The Morgan fingerprint density at radius 1 is 1.20 bits per heavy atom. The van der Waals surface area contributed by atoms with E-state index in [4.69, 9.17) is 5.73 Å². The first-order chi connectivity index (χ1) is 11.4. The average Bonchev–Trinajstić information content (AvgIpc) is 2.95. The molecule has 8 heteroatoms. The van der Waals surface area contributed by atoms with Crippen LogP contribution in [0.1, 0.15) is 24.5 Å². The number of sulfonamides is 1. The van der Waals surface area contributed by atoms with E-state index in [9.17, 15) is 13.2 Å². The second-order valence-corrected chi connectivity index (χ2v) is 8.63. The molecule has 0 bridgehead atoms. The Balaban J connectivity index is 0.00000225. The van der Waals surface area contributed by atoms with Gasteiger partial charge in [0.1, 0.15) is 0 Å². The Hall–Kier alpha value is -1.15. The molecule has 0 radical (unpaired) electrons. The van der Waals surface area contributed by atoms with Crippen LogP contribution in [0.5, 0.6) is 0 Å². The molecule has 1 atom stereocenters. The van der Waals surface area contributed by atoms with Crippen LogP contribution in [0.25, 0.3) is 0 Å². The zero-order valence-electron chi connectivity index (χ0n) is 14.5. The van der Waals surface area contributed by atoms with Crippen molar-refractivity contribution in [2.75, 3.05) is 32.7 Å². The molecule has 2 aliphatic rings. The van der Waals surface area contributed by atoms with Crippen molar-refractivity contribution in [2.45, 2.75) is 31.1 Å². The first-order valence-corrected chi connectivity index (χ1v) is 9.93. The number of halogens is 1. The maximum absolute atomic E-state index is 12.9. The van der Waals surface area contributed by atoms with Crippen molar-refractivity contribution < 1.29 is 13.2 Å². The standard InChI is InChI=1S/C17H25N3O3S.ClH/c1-13(21)19-7-5-15-2-3-17(10-16(15)6-8-19)24(22,23)20-9-4-14(11-18)12-20;/h2-3,10,14H,4-9,11-12,18H2,1H3;1H. The summed E-state index contributed by atoms with van der Waals surface area (Å²) in [5.74, 6) is 0.324. The van der Waals surface area contributed by atoms with Crippen molar-refractivity contribution in [3.05, 3.63) is 29.3 Å². The second kappa shape index (κ2) is 8.03. The van der Waals surface area contributed by atoms with Gasteiger partial charge in [-0.1, -0.05) is 6.07 Å². The van der Waals surface area contributed by atoms with Gasteiger partial charge in [0.15, 0.2) is 0 Å². The molecule has 2 N–H and O–H groups in total. The van der Waals surface area contributed by atoms with Crippen LogP contribution < -0.4 is 5.73 Å². The fourth-order valence-corrected chi connectivity index (χ4v) is 5.12. The maximum Gasteiger partial charge on any atom is 0.243 e. The first kappa shape index (κ1) is 20.2. The van der Waals surface area contributed by atoms with Gasteiger partial charge in [-0.3, -0.25) is 4.79 Å². The Bertz CT molecular complexity index is 739. The third kappa shape index (κ3) is 4.16. The summed E-state index contributed by atoms with van der Waals surface area (Å²) in [6.45, 7) is 4.49. The molecule has 1 fully saturated rings. The summed E-state index contributed by atoms with van der Waals surface area (Å²) in [6, 6.07) is 5.40. The van der Waals surface area contributed by atoms with Crippen LogP contribution in [0.15, 0.2) is 23.1 Å². The van der Waals surface area contributed by atoms with Crippen LogP contribution in [-0.4, -0.2) is 56.3 Å². The van der Waals surface area contributed by atoms with Crippen molar-refractivity contribution in [1.82, 2.24) is 9.21 Å². The quantitative estimate of drug-likeness (QED) is 0.839. The molecule has 25 heavy (non-hydrogen) atoms. The van der Waals surface area contributed by atoms with Gasteiger partial charge in [0, 0.05) is 33.1 Å². The van der Waals surface area contributed by atoms with Crippen molar-refractivity contribution >= 4 is 28.3 Å². The highest BCUT2D eigenvalue weighted by Gasteiger charge is 2.32. The molecule has 6 nitrogen and oxygen atoms in total. The van der Waals surface area contributed by atoms with E-state index < -0.39 is 10.0 Å². The van der Waals surface area contributed by atoms with Gasteiger partial charge in [0.25, 0.3) is 0 Å². The molecule has 3 rings (SSSR count). The number of hydrogen-bond donors (Lipinski definition) is 1. The molecular formula is C17H26ClN3O3S. The zero-order valence-corrected chi connectivity index (χ0v) is 16.1. The molecular weight excluding hydrogens is 362 g/mol. The minimum Gasteiger partial charge on any atom is -0.342 e. The van der Waals surface area contributed by atoms with Crippen molar-refractivity contribution in [1.29, 1.82) is 0 Å². The molecule has 1 amide bonds. The largest absolute Gasteiger partial charge is 0.342 e. The number of nitrogens with zero attached hydrogens (tertiary/aromatic N) is 2. The van der Waals surface area contributed by atoms with Crippen molar-refractivity contribution in [2.24, 2.45) is 11.7 Å². The summed E-state index contributed by atoms with van der Waals surface area (Å²) in [4.78, 5) is 13.8. The normalized spacial score (nSPS) is 21.4. The van der Waals surface area contributed by atoms with Crippen molar-refractivity contribution in [3.8, 4) is 0 Å². The summed E-state index contributed by atoms with van der Waals surface area (Å²) in [6.07, 6.45) is 2.30. The molecule has 1 unspecified atom stereocenters. The number of fused-ring (bicyclic) bond motifs is 1. The van der Waals surface area contributed by atoms with Crippen LogP contribution in [0.2, 0.25) is 0 Å². The van der Waals surface area contributed by atoms with Crippen LogP contribution in [0.4, 0.5) is 0 Å². The number of carbonyl (C=O) groups is 1. The highest BCUT2D eigenvalue weighted by atomic mass is 35.5. The molecule has 0 aromatic heterocycles. The van der Waals surface area contributed by atoms with Gasteiger partial charge in [0.05, 0.1) is 4.90 Å². The third-order valence-corrected chi connectivity index (χ3v) is 7.01. The van der Waals surface area contributed by atoms with E-state index in [1.807, 2.05) is 11.0 Å².